The molecule has 2 nitrogen and oxygen atoms in total. The maximum Gasteiger partial charge on any atom is 0.330 e. The topological polar surface area (TPSA) is 37.3 Å². The predicted octanol–water partition coefficient (Wildman–Crippen LogP) is 2.80. The van der Waals surface area contributed by atoms with Gasteiger partial charge in [0.05, 0.1) is 0 Å². The second-order valence-corrected chi connectivity index (χ2v) is 4.88. The molecule has 3 heteroatoms. The lowest BCUT2D eigenvalue weighted by molar-refractivity contribution is -0.132. The van der Waals surface area contributed by atoms with Crippen molar-refractivity contribution in [2.75, 3.05) is 5.75 Å². The maximum atomic E-state index is 10.4. The summed E-state index contributed by atoms with van der Waals surface area (Å²) in [4.78, 5) is 10.4. The molecule has 0 aliphatic carbocycles. The lowest BCUT2D eigenvalue weighted by atomic mass is 10.2. The number of aliphatic carboxylic acids is 1. The number of hydrogen-bond donors (Lipinski definition) is 1. The number of hydrogen-bond acceptors (Lipinski definition) is 2. The molecule has 1 N–H and O–H groups in total. The van der Waals surface area contributed by atoms with Gasteiger partial charge in [0.1, 0.15) is 0 Å². The van der Waals surface area contributed by atoms with Crippen LogP contribution in [0.1, 0.15) is 27.7 Å². The summed E-state index contributed by atoms with van der Waals surface area (Å²) in [5.41, 5.74) is 0.434. The minimum atomic E-state index is -0.821. The first-order valence-corrected chi connectivity index (χ1v) is 5.51. The minimum absolute atomic E-state index is 0.434. The summed E-state index contributed by atoms with van der Waals surface area (Å²) in [7, 11) is 0. The minimum Gasteiger partial charge on any atom is -0.478 e. The van der Waals surface area contributed by atoms with E-state index in [1.54, 1.807) is 24.8 Å². The molecular formula is C10H18O2S. The Kier molecular flexibility index (Phi) is 5.88. The van der Waals surface area contributed by atoms with Gasteiger partial charge >= 0.3 is 5.97 Å². The van der Waals surface area contributed by atoms with E-state index < -0.39 is 5.97 Å². The van der Waals surface area contributed by atoms with Crippen LogP contribution in [0.25, 0.3) is 0 Å². The Hall–Kier alpha value is -0.440. The van der Waals surface area contributed by atoms with E-state index in [2.05, 4.69) is 20.8 Å². The highest BCUT2D eigenvalue weighted by Crippen LogP contribution is 2.18. The third-order valence-electron chi connectivity index (χ3n) is 2.02. The fourth-order valence-corrected chi connectivity index (χ4v) is 1.64. The van der Waals surface area contributed by atoms with Crippen LogP contribution in [-0.2, 0) is 4.79 Å². The van der Waals surface area contributed by atoms with Gasteiger partial charge in [-0.3, -0.25) is 0 Å². The van der Waals surface area contributed by atoms with Crippen LogP contribution in [0.5, 0.6) is 0 Å². The van der Waals surface area contributed by atoms with Crippen molar-refractivity contribution >= 4 is 17.7 Å². The van der Waals surface area contributed by atoms with E-state index >= 15 is 0 Å². The van der Waals surface area contributed by atoms with E-state index in [0.717, 1.165) is 5.75 Å². The Balaban J connectivity index is 3.79. The summed E-state index contributed by atoms with van der Waals surface area (Å²) in [5.74, 6) is 0.610. The van der Waals surface area contributed by atoms with Gasteiger partial charge < -0.3 is 5.11 Å². The van der Waals surface area contributed by atoms with E-state index in [9.17, 15) is 4.79 Å². The SMILES string of the molecule is C/C(=C/CSC(C)C(C)C)C(=O)O. The molecule has 0 bridgehead atoms. The molecule has 0 heterocycles. The van der Waals surface area contributed by atoms with Gasteiger partial charge in [-0.15, -0.1) is 0 Å². The molecule has 0 fully saturated rings. The fourth-order valence-electron chi connectivity index (χ4n) is 0.605. The van der Waals surface area contributed by atoms with Crippen molar-refractivity contribution in [1.29, 1.82) is 0 Å². The Labute approximate surface area is 84.4 Å². The highest BCUT2D eigenvalue weighted by Gasteiger charge is 2.06. The number of carbonyl (C=O) groups is 1. The first kappa shape index (κ1) is 12.6. The largest absolute Gasteiger partial charge is 0.478 e. The number of thioether (sulfide) groups is 1. The lowest BCUT2D eigenvalue weighted by Gasteiger charge is -2.13. The highest BCUT2D eigenvalue weighted by atomic mass is 32.2. The van der Waals surface area contributed by atoms with Crippen molar-refractivity contribution in [2.45, 2.75) is 32.9 Å². The monoisotopic (exact) mass is 202 g/mol. The lowest BCUT2D eigenvalue weighted by Crippen LogP contribution is -2.06. The predicted molar refractivity (Wildman–Crippen MR) is 58.2 cm³/mol. The zero-order chi connectivity index (χ0) is 10.4. The number of carboxylic acids is 1. The van der Waals surface area contributed by atoms with Crippen LogP contribution < -0.4 is 0 Å². The average Bonchev–Trinajstić information content (AvgIpc) is 2.03. The molecule has 76 valence electrons. The van der Waals surface area contributed by atoms with Crippen molar-refractivity contribution < 1.29 is 9.90 Å². The van der Waals surface area contributed by atoms with Crippen molar-refractivity contribution in [3.05, 3.63) is 11.6 Å². The van der Waals surface area contributed by atoms with Gasteiger partial charge in [0, 0.05) is 16.6 Å². The van der Waals surface area contributed by atoms with Crippen LogP contribution in [0.15, 0.2) is 11.6 Å². The van der Waals surface area contributed by atoms with E-state index in [1.165, 1.54) is 0 Å². The number of carboxylic acid groups (broad SMARTS) is 1. The third kappa shape index (κ3) is 5.75. The van der Waals surface area contributed by atoms with Crippen LogP contribution in [0.4, 0.5) is 0 Å². The van der Waals surface area contributed by atoms with Crippen molar-refractivity contribution in [1.82, 2.24) is 0 Å². The average molecular weight is 202 g/mol. The molecule has 0 radical (unpaired) electrons. The molecule has 0 rings (SSSR count). The van der Waals surface area contributed by atoms with Gasteiger partial charge in [0.2, 0.25) is 0 Å². The zero-order valence-electron chi connectivity index (χ0n) is 8.70. The molecule has 0 aromatic carbocycles. The van der Waals surface area contributed by atoms with Gasteiger partial charge in [0.25, 0.3) is 0 Å². The van der Waals surface area contributed by atoms with Crippen LogP contribution >= 0.6 is 11.8 Å². The van der Waals surface area contributed by atoms with Crippen LogP contribution in [0.3, 0.4) is 0 Å². The first-order valence-electron chi connectivity index (χ1n) is 4.46. The van der Waals surface area contributed by atoms with Crippen LogP contribution in [0, 0.1) is 5.92 Å². The summed E-state index contributed by atoms with van der Waals surface area (Å²) >= 11 is 1.79. The van der Waals surface area contributed by atoms with Gasteiger partial charge in [-0.25, -0.2) is 4.79 Å². The van der Waals surface area contributed by atoms with Crippen molar-refractivity contribution in [2.24, 2.45) is 5.92 Å². The second-order valence-electron chi connectivity index (χ2n) is 3.47. The molecule has 0 saturated heterocycles. The maximum absolute atomic E-state index is 10.4. The summed E-state index contributed by atoms with van der Waals surface area (Å²) < 4.78 is 0. The van der Waals surface area contributed by atoms with E-state index in [1.807, 2.05) is 0 Å². The van der Waals surface area contributed by atoms with Crippen molar-refractivity contribution in [3.63, 3.8) is 0 Å². The molecule has 0 aliphatic heterocycles. The summed E-state index contributed by atoms with van der Waals surface area (Å²) in [6, 6.07) is 0. The molecule has 1 atom stereocenters. The smallest absolute Gasteiger partial charge is 0.330 e. The fraction of sp³-hybridized carbons (Fsp3) is 0.700. The summed E-state index contributed by atoms with van der Waals surface area (Å²) in [6.07, 6.45) is 1.77. The standard InChI is InChI=1S/C10H18O2S/c1-7(2)9(4)13-6-5-8(3)10(11)12/h5,7,9H,6H2,1-4H3,(H,11,12)/b8-5-. The molecule has 0 spiro atoms. The number of rotatable bonds is 5. The Bertz CT molecular complexity index is 197. The molecule has 0 saturated carbocycles. The first-order chi connectivity index (χ1) is 5.95. The normalized spacial score (nSPS) is 14.7. The zero-order valence-corrected chi connectivity index (χ0v) is 9.52. The summed E-state index contributed by atoms with van der Waals surface area (Å²) in [5, 5.41) is 9.16. The molecule has 1 unspecified atom stereocenters. The Morgan fingerprint density at radius 2 is 2.00 bits per heavy atom. The summed E-state index contributed by atoms with van der Waals surface area (Å²) in [6.45, 7) is 8.14. The highest BCUT2D eigenvalue weighted by molar-refractivity contribution is 8.00. The van der Waals surface area contributed by atoms with E-state index in [-0.39, 0.29) is 0 Å². The molecule has 13 heavy (non-hydrogen) atoms. The molecular weight excluding hydrogens is 184 g/mol. The van der Waals surface area contributed by atoms with Gasteiger partial charge in [-0.05, 0) is 12.8 Å². The molecule has 0 amide bonds. The van der Waals surface area contributed by atoms with Gasteiger partial charge in [0.15, 0.2) is 0 Å². The van der Waals surface area contributed by atoms with Crippen molar-refractivity contribution in [3.8, 4) is 0 Å². The van der Waals surface area contributed by atoms with Gasteiger partial charge in [-0.1, -0.05) is 26.8 Å². The van der Waals surface area contributed by atoms with Gasteiger partial charge in [-0.2, -0.15) is 11.8 Å². The molecule has 0 aliphatic rings. The third-order valence-corrected chi connectivity index (χ3v) is 3.45. The quantitative estimate of drug-likeness (QED) is 0.696. The van der Waals surface area contributed by atoms with Crippen LogP contribution in [0.2, 0.25) is 0 Å². The van der Waals surface area contributed by atoms with E-state index in [0.29, 0.717) is 16.7 Å². The Morgan fingerprint density at radius 3 is 2.38 bits per heavy atom. The van der Waals surface area contributed by atoms with Crippen LogP contribution in [-0.4, -0.2) is 22.1 Å². The Morgan fingerprint density at radius 1 is 1.46 bits per heavy atom. The second kappa shape index (κ2) is 6.08. The molecule has 0 aromatic heterocycles. The molecule has 0 aromatic rings. The van der Waals surface area contributed by atoms with E-state index in [4.69, 9.17) is 5.11 Å².